The lowest BCUT2D eigenvalue weighted by atomic mass is 10.3. The molecule has 0 saturated heterocycles. The van der Waals surface area contributed by atoms with Gasteiger partial charge in [0.2, 0.25) is 5.88 Å². The summed E-state index contributed by atoms with van der Waals surface area (Å²) < 4.78 is 5.39. The van der Waals surface area contributed by atoms with Gasteiger partial charge in [-0.1, -0.05) is 17.7 Å². The molecule has 78 valence electrons. The van der Waals surface area contributed by atoms with Gasteiger partial charge in [-0.2, -0.15) is 5.26 Å². The fourth-order valence-electron chi connectivity index (χ4n) is 1.08. The van der Waals surface area contributed by atoms with E-state index < -0.39 is 0 Å². The van der Waals surface area contributed by atoms with Gasteiger partial charge in [0.05, 0.1) is 12.4 Å². The summed E-state index contributed by atoms with van der Waals surface area (Å²) in [6.07, 6.45) is 2.74. The number of ether oxygens (including phenoxy) is 1. The quantitative estimate of drug-likeness (QED) is 0.797. The van der Waals surface area contributed by atoms with Crippen molar-refractivity contribution < 1.29 is 4.74 Å². The fourth-order valence-corrected chi connectivity index (χ4v) is 1.26. The number of rotatable bonds is 2. The molecule has 2 rings (SSSR count). The lowest BCUT2D eigenvalue weighted by Gasteiger charge is -2.03. The molecule has 0 unspecified atom stereocenters. The molecule has 1 aromatic carbocycles. The molecular weight excluding hydrogens is 226 g/mol. The minimum atomic E-state index is 0.249. The van der Waals surface area contributed by atoms with Gasteiger partial charge in [0.1, 0.15) is 11.8 Å². The first-order valence-corrected chi connectivity index (χ1v) is 4.81. The molecule has 0 aliphatic heterocycles. The van der Waals surface area contributed by atoms with E-state index in [1.54, 1.807) is 24.3 Å². The monoisotopic (exact) mass is 231 g/mol. The van der Waals surface area contributed by atoms with Crippen LogP contribution in [0.25, 0.3) is 0 Å². The SMILES string of the molecule is N#Cc1cnc(Oc2cccc(Cl)c2)cn1. The maximum absolute atomic E-state index is 8.54. The van der Waals surface area contributed by atoms with Gasteiger partial charge in [0.15, 0.2) is 5.69 Å². The third kappa shape index (κ3) is 2.47. The molecule has 0 fully saturated rings. The molecule has 4 nitrogen and oxygen atoms in total. The van der Waals surface area contributed by atoms with Crippen molar-refractivity contribution in [3.63, 3.8) is 0 Å². The Morgan fingerprint density at radius 2 is 2.12 bits per heavy atom. The van der Waals surface area contributed by atoms with Crippen LogP contribution in [0.2, 0.25) is 5.02 Å². The van der Waals surface area contributed by atoms with Gasteiger partial charge in [-0.05, 0) is 18.2 Å². The van der Waals surface area contributed by atoms with Crippen LogP contribution in [0, 0.1) is 11.3 Å². The highest BCUT2D eigenvalue weighted by atomic mass is 35.5. The van der Waals surface area contributed by atoms with Crippen LogP contribution >= 0.6 is 11.6 Å². The fraction of sp³-hybridized carbons (Fsp3) is 0. The molecule has 0 aliphatic rings. The van der Waals surface area contributed by atoms with E-state index in [0.29, 0.717) is 16.7 Å². The summed E-state index contributed by atoms with van der Waals surface area (Å²) in [6, 6.07) is 8.82. The van der Waals surface area contributed by atoms with Gasteiger partial charge >= 0.3 is 0 Å². The molecule has 0 aliphatic carbocycles. The summed E-state index contributed by atoms with van der Waals surface area (Å²) in [7, 11) is 0. The van der Waals surface area contributed by atoms with Crippen molar-refractivity contribution >= 4 is 11.6 Å². The molecule has 0 saturated carbocycles. The molecule has 1 aromatic heterocycles. The second kappa shape index (κ2) is 4.60. The maximum Gasteiger partial charge on any atom is 0.237 e. The lowest BCUT2D eigenvalue weighted by molar-refractivity contribution is 0.460. The van der Waals surface area contributed by atoms with E-state index >= 15 is 0 Å². The first-order chi connectivity index (χ1) is 7.78. The number of aromatic nitrogens is 2. The van der Waals surface area contributed by atoms with Gasteiger partial charge in [-0.25, -0.2) is 9.97 Å². The highest BCUT2D eigenvalue weighted by Crippen LogP contribution is 2.21. The van der Waals surface area contributed by atoms with Crippen LogP contribution in [0.15, 0.2) is 36.7 Å². The van der Waals surface area contributed by atoms with E-state index in [0.717, 1.165) is 0 Å². The minimum Gasteiger partial charge on any atom is -0.437 e. The second-order valence-corrected chi connectivity index (χ2v) is 3.35. The predicted molar refractivity (Wildman–Crippen MR) is 58.3 cm³/mol. The zero-order valence-corrected chi connectivity index (χ0v) is 8.85. The van der Waals surface area contributed by atoms with Crippen molar-refractivity contribution in [2.45, 2.75) is 0 Å². The summed E-state index contributed by atoms with van der Waals surface area (Å²) >= 11 is 5.80. The first kappa shape index (κ1) is 10.4. The average Bonchev–Trinajstić information content (AvgIpc) is 2.30. The molecule has 0 N–H and O–H groups in total. The molecule has 0 amide bonds. The van der Waals surface area contributed by atoms with E-state index in [4.69, 9.17) is 21.6 Å². The lowest BCUT2D eigenvalue weighted by Crippen LogP contribution is -1.90. The van der Waals surface area contributed by atoms with Crippen molar-refractivity contribution in [2.75, 3.05) is 0 Å². The Bertz CT molecular complexity index is 534. The van der Waals surface area contributed by atoms with Crippen LogP contribution in [0.1, 0.15) is 5.69 Å². The van der Waals surface area contributed by atoms with Crippen molar-refractivity contribution in [1.82, 2.24) is 9.97 Å². The van der Waals surface area contributed by atoms with Crippen LogP contribution < -0.4 is 4.74 Å². The molecule has 5 heteroatoms. The first-order valence-electron chi connectivity index (χ1n) is 4.43. The van der Waals surface area contributed by atoms with E-state index in [-0.39, 0.29) is 5.69 Å². The largest absolute Gasteiger partial charge is 0.437 e. The van der Waals surface area contributed by atoms with Crippen molar-refractivity contribution in [3.05, 3.63) is 47.4 Å². The van der Waals surface area contributed by atoms with Gasteiger partial charge < -0.3 is 4.74 Å². The number of nitrogens with zero attached hydrogens (tertiary/aromatic N) is 3. The summed E-state index contributed by atoms with van der Waals surface area (Å²) in [5.41, 5.74) is 0.249. The zero-order valence-electron chi connectivity index (χ0n) is 8.09. The van der Waals surface area contributed by atoms with Gasteiger partial charge in [-0.15, -0.1) is 0 Å². The molecule has 16 heavy (non-hydrogen) atoms. The Kier molecular flexibility index (Phi) is 2.99. The molecule has 0 atom stereocenters. The van der Waals surface area contributed by atoms with Crippen LogP contribution in [-0.2, 0) is 0 Å². The molecule has 2 aromatic rings. The average molecular weight is 232 g/mol. The minimum absolute atomic E-state index is 0.249. The number of halogens is 1. The topological polar surface area (TPSA) is 58.8 Å². The zero-order chi connectivity index (χ0) is 11.4. The van der Waals surface area contributed by atoms with E-state index in [1.807, 2.05) is 6.07 Å². The maximum atomic E-state index is 8.54. The van der Waals surface area contributed by atoms with Crippen molar-refractivity contribution in [3.8, 4) is 17.7 Å². The van der Waals surface area contributed by atoms with E-state index in [2.05, 4.69) is 9.97 Å². The summed E-state index contributed by atoms with van der Waals surface area (Å²) in [5, 5.41) is 9.13. The Balaban J connectivity index is 2.18. The third-order valence-electron chi connectivity index (χ3n) is 1.76. The summed E-state index contributed by atoms with van der Waals surface area (Å²) in [6.45, 7) is 0. The highest BCUT2D eigenvalue weighted by Gasteiger charge is 2.00. The Labute approximate surface area is 97.1 Å². The number of hydrogen-bond acceptors (Lipinski definition) is 4. The molecule has 0 radical (unpaired) electrons. The smallest absolute Gasteiger partial charge is 0.237 e. The Morgan fingerprint density at radius 3 is 2.75 bits per heavy atom. The van der Waals surface area contributed by atoms with Gasteiger partial charge in [-0.3, -0.25) is 0 Å². The number of hydrogen-bond donors (Lipinski definition) is 0. The predicted octanol–water partition coefficient (Wildman–Crippen LogP) is 2.79. The Morgan fingerprint density at radius 1 is 1.25 bits per heavy atom. The molecule has 0 bridgehead atoms. The van der Waals surface area contributed by atoms with Crippen LogP contribution in [0.5, 0.6) is 11.6 Å². The summed E-state index contributed by atoms with van der Waals surface area (Å²) in [5.74, 6) is 0.896. The van der Waals surface area contributed by atoms with E-state index in [1.165, 1.54) is 12.4 Å². The second-order valence-electron chi connectivity index (χ2n) is 2.91. The van der Waals surface area contributed by atoms with Gasteiger partial charge in [0, 0.05) is 5.02 Å². The normalized spacial score (nSPS) is 9.50. The van der Waals surface area contributed by atoms with Gasteiger partial charge in [0.25, 0.3) is 0 Å². The van der Waals surface area contributed by atoms with Crippen molar-refractivity contribution in [2.24, 2.45) is 0 Å². The number of benzene rings is 1. The highest BCUT2D eigenvalue weighted by molar-refractivity contribution is 6.30. The third-order valence-corrected chi connectivity index (χ3v) is 2.00. The molecule has 1 heterocycles. The van der Waals surface area contributed by atoms with Crippen LogP contribution in [0.3, 0.4) is 0 Å². The summed E-state index contributed by atoms with van der Waals surface area (Å²) in [4.78, 5) is 7.76. The number of nitriles is 1. The molecular formula is C11H6ClN3O. The van der Waals surface area contributed by atoms with Crippen molar-refractivity contribution in [1.29, 1.82) is 5.26 Å². The molecule has 0 spiro atoms. The van der Waals surface area contributed by atoms with E-state index in [9.17, 15) is 0 Å². The van der Waals surface area contributed by atoms with Crippen LogP contribution in [-0.4, -0.2) is 9.97 Å². The standard InChI is InChI=1S/C11H6ClN3O/c12-8-2-1-3-10(4-8)16-11-7-14-9(5-13)6-15-11/h1-4,6-7H. The van der Waals surface area contributed by atoms with Crippen LogP contribution in [0.4, 0.5) is 0 Å². The Hall–Kier alpha value is -2.12.